The van der Waals surface area contributed by atoms with E-state index in [4.69, 9.17) is 0 Å². The Balaban J connectivity index is 1.71. The summed E-state index contributed by atoms with van der Waals surface area (Å²) < 4.78 is 26.2. The van der Waals surface area contributed by atoms with E-state index in [0.717, 1.165) is 23.4 Å². The second-order valence-electron chi connectivity index (χ2n) is 6.25. The summed E-state index contributed by atoms with van der Waals surface area (Å²) in [6.07, 6.45) is 2.73. The number of nitrogens with zero attached hydrogens (tertiary/aromatic N) is 2. The average Bonchev–Trinajstić information content (AvgIpc) is 2.65. The number of halogens is 2. The first-order chi connectivity index (χ1) is 12.9. The van der Waals surface area contributed by atoms with Crippen molar-refractivity contribution in [1.29, 1.82) is 0 Å². The summed E-state index contributed by atoms with van der Waals surface area (Å²) in [5, 5.41) is 5.61. The van der Waals surface area contributed by atoms with Gasteiger partial charge < -0.3 is 10.6 Å². The first-order valence-electron chi connectivity index (χ1n) is 8.38. The highest BCUT2D eigenvalue weighted by Crippen LogP contribution is 2.25. The SMILES string of the molecule is CC(C)c1ccccc1Nc1ncc(C(=O)Nc2ccc(F)c(F)c2)cn1. The van der Waals surface area contributed by atoms with Gasteiger partial charge in [-0.2, -0.15) is 0 Å². The third kappa shape index (κ3) is 4.44. The molecular weight excluding hydrogens is 350 g/mol. The van der Waals surface area contributed by atoms with Crippen LogP contribution in [0, 0.1) is 11.6 Å². The standard InChI is InChI=1S/C20H18F2N4O/c1-12(2)15-5-3-4-6-18(15)26-20-23-10-13(11-24-20)19(27)25-14-7-8-16(21)17(22)9-14/h3-12H,1-2H3,(H,25,27)(H,23,24,26). The molecule has 2 aromatic carbocycles. The Labute approximate surface area is 155 Å². The maximum atomic E-state index is 13.2. The zero-order chi connectivity index (χ0) is 19.4. The monoisotopic (exact) mass is 368 g/mol. The van der Waals surface area contributed by atoms with Crippen molar-refractivity contribution in [2.75, 3.05) is 10.6 Å². The van der Waals surface area contributed by atoms with Gasteiger partial charge in [0.05, 0.1) is 5.56 Å². The van der Waals surface area contributed by atoms with Gasteiger partial charge in [-0.05, 0) is 29.7 Å². The Kier molecular flexibility index (Phi) is 5.40. The van der Waals surface area contributed by atoms with Crippen LogP contribution in [0.1, 0.15) is 35.7 Å². The van der Waals surface area contributed by atoms with Crippen molar-refractivity contribution in [2.45, 2.75) is 19.8 Å². The van der Waals surface area contributed by atoms with Crippen LogP contribution in [0.2, 0.25) is 0 Å². The van der Waals surface area contributed by atoms with Gasteiger partial charge in [0.1, 0.15) is 0 Å². The van der Waals surface area contributed by atoms with Gasteiger partial charge in [-0.25, -0.2) is 18.7 Å². The molecule has 0 radical (unpaired) electrons. The number of rotatable bonds is 5. The van der Waals surface area contributed by atoms with Crippen LogP contribution in [0.5, 0.6) is 0 Å². The molecular formula is C20H18F2N4O. The molecule has 1 heterocycles. The van der Waals surface area contributed by atoms with Crippen LogP contribution in [0.15, 0.2) is 54.9 Å². The van der Waals surface area contributed by atoms with Gasteiger partial charge >= 0.3 is 0 Å². The van der Waals surface area contributed by atoms with Crippen LogP contribution in [0.25, 0.3) is 0 Å². The molecule has 1 aromatic heterocycles. The summed E-state index contributed by atoms with van der Waals surface area (Å²) >= 11 is 0. The maximum Gasteiger partial charge on any atom is 0.258 e. The lowest BCUT2D eigenvalue weighted by molar-refractivity contribution is 0.102. The summed E-state index contributed by atoms with van der Waals surface area (Å²) in [5.74, 6) is -1.85. The van der Waals surface area contributed by atoms with E-state index in [-0.39, 0.29) is 11.3 Å². The molecule has 27 heavy (non-hydrogen) atoms. The first kappa shape index (κ1) is 18.4. The Morgan fingerprint density at radius 2 is 1.70 bits per heavy atom. The minimum Gasteiger partial charge on any atom is -0.324 e. The van der Waals surface area contributed by atoms with Crippen molar-refractivity contribution in [1.82, 2.24) is 9.97 Å². The number of anilines is 3. The van der Waals surface area contributed by atoms with E-state index in [2.05, 4.69) is 34.4 Å². The number of carbonyl (C=O) groups excluding carboxylic acids is 1. The summed E-state index contributed by atoms with van der Waals surface area (Å²) in [6.45, 7) is 4.18. The predicted molar refractivity (Wildman–Crippen MR) is 100 cm³/mol. The van der Waals surface area contributed by atoms with Crippen LogP contribution >= 0.6 is 0 Å². The van der Waals surface area contributed by atoms with Crippen LogP contribution in [0.3, 0.4) is 0 Å². The third-order valence-corrected chi connectivity index (χ3v) is 3.92. The lowest BCUT2D eigenvalue weighted by atomic mass is 10.0. The van der Waals surface area contributed by atoms with E-state index in [9.17, 15) is 13.6 Å². The molecule has 0 fully saturated rings. The van der Waals surface area contributed by atoms with Gasteiger partial charge in [0.25, 0.3) is 5.91 Å². The number of nitrogens with one attached hydrogen (secondary N) is 2. The molecule has 138 valence electrons. The number of amides is 1. The Morgan fingerprint density at radius 3 is 2.37 bits per heavy atom. The Morgan fingerprint density at radius 1 is 1.00 bits per heavy atom. The molecule has 0 atom stereocenters. The van der Waals surface area contributed by atoms with Crippen molar-refractivity contribution in [3.8, 4) is 0 Å². The van der Waals surface area contributed by atoms with E-state index in [1.807, 2.05) is 24.3 Å². The van der Waals surface area contributed by atoms with Crippen molar-refractivity contribution in [2.24, 2.45) is 0 Å². The van der Waals surface area contributed by atoms with Crippen LogP contribution < -0.4 is 10.6 Å². The molecule has 5 nitrogen and oxygen atoms in total. The summed E-state index contributed by atoms with van der Waals surface area (Å²) in [4.78, 5) is 20.5. The first-order valence-corrected chi connectivity index (χ1v) is 8.38. The third-order valence-electron chi connectivity index (χ3n) is 3.92. The molecule has 0 saturated heterocycles. The molecule has 0 aliphatic carbocycles. The molecule has 0 saturated carbocycles. The topological polar surface area (TPSA) is 66.9 Å². The lowest BCUT2D eigenvalue weighted by Crippen LogP contribution is -2.13. The number of hydrogen-bond donors (Lipinski definition) is 2. The molecule has 3 aromatic rings. The molecule has 7 heteroatoms. The normalized spacial score (nSPS) is 10.7. The highest BCUT2D eigenvalue weighted by Gasteiger charge is 2.11. The molecule has 0 aliphatic heterocycles. The second-order valence-corrected chi connectivity index (χ2v) is 6.25. The van der Waals surface area contributed by atoms with Gasteiger partial charge in [-0.3, -0.25) is 4.79 Å². The van der Waals surface area contributed by atoms with Crippen LogP contribution in [0.4, 0.5) is 26.1 Å². The van der Waals surface area contributed by atoms with Gasteiger partial charge in [-0.1, -0.05) is 32.0 Å². The lowest BCUT2D eigenvalue weighted by Gasteiger charge is -2.13. The number of benzene rings is 2. The minimum atomic E-state index is -1.03. The number of aromatic nitrogens is 2. The number of hydrogen-bond acceptors (Lipinski definition) is 4. The van der Waals surface area contributed by atoms with Gasteiger partial charge in [-0.15, -0.1) is 0 Å². The Hall–Kier alpha value is -3.35. The van der Waals surface area contributed by atoms with Gasteiger partial charge in [0.15, 0.2) is 11.6 Å². The molecule has 2 N–H and O–H groups in total. The molecule has 0 spiro atoms. The fourth-order valence-electron chi connectivity index (χ4n) is 2.52. The maximum absolute atomic E-state index is 13.2. The zero-order valence-corrected chi connectivity index (χ0v) is 14.8. The molecule has 1 amide bonds. The highest BCUT2D eigenvalue weighted by atomic mass is 19.2. The number of carbonyl (C=O) groups is 1. The van der Waals surface area contributed by atoms with Crippen LogP contribution in [-0.4, -0.2) is 15.9 Å². The van der Waals surface area contributed by atoms with Gasteiger partial charge in [0.2, 0.25) is 5.95 Å². The van der Waals surface area contributed by atoms with E-state index in [1.165, 1.54) is 18.5 Å². The Bertz CT molecular complexity index is 958. The molecule has 0 bridgehead atoms. The second kappa shape index (κ2) is 7.90. The zero-order valence-electron chi connectivity index (χ0n) is 14.8. The number of para-hydroxylation sites is 1. The smallest absolute Gasteiger partial charge is 0.258 e. The fourth-order valence-corrected chi connectivity index (χ4v) is 2.52. The van der Waals surface area contributed by atoms with E-state index in [0.29, 0.717) is 11.9 Å². The molecule has 0 unspecified atom stereocenters. The minimum absolute atomic E-state index is 0.145. The summed E-state index contributed by atoms with van der Waals surface area (Å²) in [5.41, 5.74) is 2.36. The largest absolute Gasteiger partial charge is 0.324 e. The quantitative estimate of drug-likeness (QED) is 0.674. The fraction of sp³-hybridized carbons (Fsp3) is 0.150. The highest BCUT2D eigenvalue weighted by molar-refractivity contribution is 6.03. The van der Waals surface area contributed by atoms with E-state index < -0.39 is 17.5 Å². The van der Waals surface area contributed by atoms with Crippen molar-refractivity contribution in [3.05, 3.63) is 77.6 Å². The van der Waals surface area contributed by atoms with Crippen molar-refractivity contribution in [3.63, 3.8) is 0 Å². The van der Waals surface area contributed by atoms with E-state index >= 15 is 0 Å². The summed E-state index contributed by atoms with van der Waals surface area (Å²) in [6, 6.07) is 11.0. The molecule has 0 aliphatic rings. The van der Waals surface area contributed by atoms with Gasteiger partial charge in [0, 0.05) is 29.8 Å². The van der Waals surface area contributed by atoms with E-state index in [1.54, 1.807) is 0 Å². The summed E-state index contributed by atoms with van der Waals surface area (Å²) in [7, 11) is 0. The average molecular weight is 368 g/mol. The predicted octanol–water partition coefficient (Wildman–Crippen LogP) is 4.87. The van der Waals surface area contributed by atoms with Crippen molar-refractivity contribution < 1.29 is 13.6 Å². The molecule has 3 rings (SSSR count). The van der Waals surface area contributed by atoms with Crippen LogP contribution in [-0.2, 0) is 0 Å². The van der Waals surface area contributed by atoms with Crippen molar-refractivity contribution >= 4 is 23.2 Å².